The zero-order chi connectivity index (χ0) is 18.1. The van der Waals surface area contributed by atoms with Gasteiger partial charge < -0.3 is 19.7 Å². The number of hydrogen-bond donors (Lipinski definition) is 1. The Labute approximate surface area is 150 Å². The van der Waals surface area contributed by atoms with Gasteiger partial charge in [0.1, 0.15) is 18.2 Å². The molecule has 3 aromatic rings. The van der Waals surface area contributed by atoms with Gasteiger partial charge in [0.05, 0.1) is 5.56 Å². The van der Waals surface area contributed by atoms with Gasteiger partial charge in [0.25, 0.3) is 5.89 Å². The summed E-state index contributed by atoms with van der Waals surface area (Å²) < 4.78 is 16.4. The fourth-order valence-corrected chi connectivity index (χ4v) is 2.97. The number of hydrogen-bond acceptors (Lipinski definition) is 8. The molecule has 8 heteroatoms. The van der Waals surface area contributed by atoms with Crippen molar-refractivity contribution in [2.24, 2.45) is 0 Å². The molecule has 1 aliphatic rings. The molecule has 4 rings (SSSR count). The molecule has 0 unspecified atom stereocenters. The van der Waals surface area contributed by atoms with Crippen LogP contribution in [0.15, 0.2) is 28.9 Å². The lowest BCUT2D eigenvalue weighted by Crippen LogP contribution is -2.15. The maximum atomic E-state index is 6.03. The number of fused-ring (bicyclic) bond motifs is 1. The molecule has 2 aromatic heterocycles. The number of nitrogen functional groups attached to an aromatic ring is 1. The molecule has 2 N–H and O–H groups in total. The van der Waals surface area contributed by atoms with Crippen LogP contribution in [0.3, 0.4) is 0 Å². The van der Waals surface area contributed by atoms with Gasteiger partial charge in [-0.05, 0) is 31.4 Å². The van der Waals surface area contributed by atoms with Crippen LogP contribution < -0.4 is 10.5 Å². The highest BCUT2D eigenvalue weighted by Crippen LogP contribution is 2.35. The van der Waals surface area contributed by atoms with E-state index >= 15 is 0 Å². The second-order valence-electron chi connectivity index (χ2n) is 6.23. The Kier molecular flexibility index (Phi) is 4.26. The summed E-state index contributed by atoms with van der Waals surface area (Å²) >= 11 is 0. The second-order valence-corrected chi connectivity index (χ2v) is 6.23. The maximum Gasteiger partial charge on any atom is 0.268 e. The van der Waals surface area contributed by atoms with Crippen molar-refractivity contribution in [1.82, 2.24) is 20.1 Å². The zero-order valence-electron chi connectivity index (χ0n) is 14.6. The predicted molar refractivity (Wildman–Crippen MR) is 93.3 cm³/mol. The van der Waals surface area contributed by atoms with Crippen LogP contribution in [0.1, 0.15) is 35.4 Å². The average molecular weight is 353 g/mol. The van der Waals surface area contributed by atoms with E-state index in [1.807, 2.05) is 12.1 Å². The number of benzene rings is 1. The summed E-state index contributed by atoms with van der Waals surface area (Å²) in [5.41, 5.74) is 8.93. The molecule has 0 aliphatic carbocycles. The minimum atomic E-state index is -0.277. The zero-order valence-corrected chi connectivity index (χ0v) is 14.6. The van der Waals surface area contributed by atoms with Crippen molar-refractivity contribution in [3.05, 3.63) is 47.2 Å². The largest absolute Gasteiger partial charge is 0.480 e. The van der Waals surface area contributed by atoms with Crippen LogP contribution in [0.2, 0.25) is 0 Å². The first-order valence-electron chi connectivity index (χ1n) is 8.34. The molecule has 0 saturated carbocycles. The molecular weight excluding hydrogens is 334 g/mol. The number of aryl methyl sites for hydroxylation is 2. The normalized spacial score (nSPS) is 16.2. The maximum absolute atomic E-state index is 6.03. The first-order valence-corrected chi connectivity index (χ1v) is 8.34. The molecule has 0 spiro atoms. The van der Waals surface area contributed by atoms with Gasteiger partial charge in [-0.25, -0.2) is 9.97 Å². The van der Waals surface area contributed by atoms with Crippen molar-refractivity contribution in [2.45, 2.75) is 32.5 Å². The number of methoxy groups -OCH3 is 1. The summed E-state index contributed by atoms with van der Waals surface area (Å²) in [6.45, 7) is 2.36. The lowest BCUT2D eigenvalue weighted by molar-refractivity contribution is 0.135. The molecule has 0 fully saturated rings. The number of aromatic nitrogens is 4. The highest BCUT2D eigenvalue weighted by Gasteiger charge is 2.27. The summed E-state index contributed by atoms with van der Waals surface area (Å²) in [6, 6.07) is 6.15. The quantitative estimate of drug-likeness (QED) is 0.762. The van der Waals surface area contributed by atoms with E-state index in [0.717, 1.165) is 18.6 Å². The molecule has 3 heterocycles. The fourth-order valence-electron chi connectivity index (χ4n) is 2.97. The van der Waals surface area contributed by atoms with E-state index in [0.29, 0.717) is 23.1 Å². The summed E-state index contributed by atoms with van der Waals surface area (Å²) in [5, 5.41) is 4.01. The Morgan fingerprint density at radius 2 is 2.19 bits per heavy atom. The van der Waals surface area contributed by atoms with E-state index in [2.05, 4.69) is 33.1 Å². The Morgan fingerprint density at radius 1 is 1.31 bits per heavy atom. The van der Waals surface area contributed by atoms with Crippen molar-refractivity contribution in [3.8, 4) is 17.1 Å². The standard InChI is InChI=1S/C18H19N5O3/c1-10-3-5-13-11(7-10)4-6-14(25-13)18-22-17(23-26-18)12-8-20-15(9-24-2)21-16(12)19/h3,5,7-8,14H,4,6,9H2,1-2H3,(H2,19,20,21)/t14-/m0/s1. The minimum Gasteiger partial charge on any atom is -0.480 e. The van der Waals surface area contributed by atoms with Gasteiger partial charge in [-0.15, -0.1) is 0 Å². The number of ether oxygens (including phenoxy) is 2. The monoisotopic (exact) mass is 353 g/mol. The number of nitrogens with two attached hydrogens (primary N) is 1. The molecule has 1 atom stereocenters. The van der Waals surface area contributed by atoms with Gasteiger partial charge in [-0.3, -0.25) is 0 Å². The highest BCUT2D eigenvalue weighted by molar-refractivity contribution is 5.66. The highest BCUT2D eigenvalue weighted by atomic mass is 16.5. The van der Waals surface area contributed by atoms with Gasteiger partial charge in [0, 0.05) is 13.3 Å². The van der Waals surface area contributed by atoms with Gasteiger partial charge in [-0.1, -0.05) is 22.9 Å². The summed E-state index contributed by atoms with van der Waals surface area (Å²) in [4.78, 5) is 12.8. The summed E-state index contributed by atoms with van der Waals surface area (Å²) in [5.74, 6) is 2.41. The Bertz CT molecular complexity index is 940. The fraction of sp³-hybridized carbons (Fsp3) is 0.333. The number of rotatable bonds is 4. The van der Waals surface area contributed by atoms with E-state index in [1.165, 1.54) is 11.1 Å². The summed E-state index contributed by atoms with van der Waals surface area (Å²) in [7, 11) is 1.57. The molecule has 0 bridgehead atoms. The third-order valence-electron chi connectivity index (χ3n) is 4.26. The van der Waals surface area contributed by atoms with Crippen molar-refractivity contribution >= 4 is 5.82 Å². The molecule has 0 saturated heterocycles. The second kappa shape index (κ2) is 6.72. The van der Waals surface area contributed by atoms with Crippen LogP contribution in [-0.2, 0) is 17.8 Å². The van der Waals surface area contributed by atoms with E-state index in [4.69, 9.17) is 19.7 Å². The Morgan fingerprint density at radius 3 is 3.00 bits per heavy atom. The van der Waals surface area contributed by atoms with Gasteiger partial charge in [0.15, 0.2) is 11.9 Å². The lowest BCUT2D eigenvalue weighted by atomic mass is 10.0. The van der Waals surface area contributed by atoms with Crippen LogP contribution in [0.4, 0.5) is 5.82 Å². The molecule has 26 heavy (non-hydrogen) atoms. The van der Waals surface area contributed by atoms with E-state index in [1.54, 1.807) is 13.3 Å². The number of nitrogens with zero attached hydrogens (tertiary/aromatic N) is 4. The van der Waals surface area contributed by atoms with Crippen LogP contribution in [0, 0.1) is 6.92 Å². The van der Waals surface area contributed by atoms with Crippen molar-refractivity contribution in [1.29, 1.82) is 0 Å². The third-order valence-corrected chi connectivity index (χ3v) is 4.26. The van der Waals surface area contributed by atoms with Crippen molar-refractivity contribution in [2.75, 3.05) is 12.8 Å². The van der Waals surface area contributed by atoms with Crippen molar-refractivity contribution in [3.63, 3.8) is 0 Å². The van der Waals surface area contributed by atoms with Crippen LogP contribution in [0.5, 0.6) is 5.75 Å². The molecule has 134 valence electrons. The Balaban J connectivity index is 1.56. The topological polar surface area (TPSA) is 109 Å². The van der Waals surface area contributed by atoms with Crippen LogP contribution >= 0.6 is 0 Å². The SMILES string of the molecule is COCc1ncc(-c2noc([C@@H]3CCc4cc(C)ccc4O3)n2)c(N)n1. The smallest absolute Gasteiger partial charge is 0.268 e. The van der Waals surface area contributed by atoms with Crippen molar-refractivity contribution < 1.29 is 14.0 Å². The van der Waals surface area contributed by atoms with Crippen LogP contribution in [-0.4, -0.2) is 27.2 Å². The van der Waals surface area contributed by atoms with Gasteiger partial charge >= 0.3 is 0 Å². The molecular formula is C18H19N5O3. The van der Waals surface area contributed by atoms with Gasteiger partial charge in [0.2, 0.25) is 5.82 Å². The lowest BCUT2D eigenvalue weighted by Gasteiger charge is -2.23. The Hall–Kier alpha value is -3.00. The molecule has 0 radical (unpaired) electrons. The first-order chi connectivity index (χ1) is 12.6. The molecule has 0 amide bonds. The van der Waals surface area contributed by atoms with E-state index in [9.17, 15) is 0 Å². The van der Waals surface area contributed by atoms with Gasteiger partial charge in [-0.2, -0.15) is 4.98 Å². The summed E-state index contributed by atoms with van der Waals surface area (Å²) in [6.07, 6.45) is 2.97. The first kappa shape index (κ1) is 16.5. The molecule has 8 nitrogen and oxygen atoms in total. The van der Waals surface area contributed by atoms with Crippen LogP contribution in [0.25, 0.3) is 11.4 Å². The predicted octanol–water partition coefficient (Wildman–Crippen LogP) is 2.63. The third kappa shape index (κ3) is 3.11. The number of anilines is 1. The minimum absolute atomic E-state index is 0.277. The van der Waals surface area contributed by atoms with E-state index < -0.39 is 0 Å². The average Bonchev–Trinajstić information content (AvgIpc) is 3.11. The molecule has 1 aliphatic heterocycles. The van der Waals surface area contributed by atoms with E-state index in [-0.39, 0.29) is 18.5 Å². The molecule has 1 aromatic carbocycles.